The van der Waals surface area contributed by atoms with Crippen LogP contribution in [0.1, 0.15) is 24.2 Å². The zero-order chi connectivity index (χ0) is 15.2. The Labute approximate surface area is 123 Å². The van der Waals surface area contributed by atoms with Crippen LogP contribution in [-0.2, 0) is 6.54 Å². The summed E-state index contributed by atoms with van der Waals surface area (Å²) >= 11 is 0. The number of nitrogens with zero attached hydrogens (tertiary/aromatic N) is 1. The van der Waals surface area contributed by atoms with Crippen molar-refractivity contribution in [3.05, 3.63) is 53.6 Å². The van der Waals surface area contributed by atoms with Gasteiger partial charge in [-0.05, 0) is 24.6 Å². The molecule has 1 atom stereocenters. The number of hydrogen-bond donors (Lipinski definition) is 1. The van der Waals surface area contributed by atoms with Gasteiger partial charge in [0.2, 0.25) is 0 Å². The fraction of sp³-hybridized carbons (Fsp3) is 0.312. The summed E-state index contributed by atoms with van der Waals surface area (Å²) < 4.78 is 23.5. The second-order valence-electron chi connectivity index (χ2n) is 4.65. The zero-order valence-corrected chi connectivity index (χ0v) is 12.4. The Bertz CT molecular complexity index is 587. The molecule has 0 spiro atoms. The molecule has 0 radical (unpaired) electrons. The lowest BCUT2D eigenvalue weighted by molar-refractivity contribution is 0.347. The highest BCUT2D eigenvalue weighted by Gasteiger charge is 2.12. The maximum Gasteiger partial charge on any atom is 0.183 e. The standard InChI is InChI=1S/C16H19FN2O2/c1-11(12-4-6-13(17)7-5-12)19-10-14-16(21-3)15(20-2)8-9-18-14/h4-9,11,19H,10H2,1-3H3/t11-/m0/s1. The minimum atomic E-state index is -0.234. The second kappa shape index (κ2) is 7.04. The lowest BCUT2D eigenvalue weighted by Gasteiger charge is -2.16. The molecule has 0 unspecified atom stereocenters. The van der Waals surface area contributed by atoms with Crippen molar-refractivity contribution < 1.29 is 13.9 Å². The molecule has 1 aromatic carbocycles. The smallest absolute Gasteiger partial charge is 0.183 e. The van der Waals surface area contributed by atoms with E-state index < -0.39 is 0 Å². The van der Waals surface area contributed by atoms with Crippen molar-refractivity contribution in [2.45, 2.75) is 19.5 Å². The molecule has 2 rings (SSSR count). The Balaban J connectivity index is 2.07. The average molecular weight is 290 g/mol. The van der Waals surface area contributed by atoms with E-state index in [1.807, 2.05) is 6.92 Å². The number of rotatable bonds is 6. The summed E-state index contributed by atoms with van der Waals surface area (Å²) in [5.41, 5.74) is 1.78. The van der Waals surface area contributed by atoms with Gasteiger partial charge in [0.15, 0.2) is 11.5 Å². The molecular formula is C16H19FN2O2. The van der Waals surface area contributed by atoms with Gasteiger partial charge in [-0.1, -0.05) is 12.1 Å². The van der Waals surface area contributed by atoms with Crippen molar-refractivity contribution in [2.24, 2.45) is 0 Å². The molecule has 0 fully saturated rings. The SMILES string of the molecule is COc1ccnc(CN[C@@H](C)c2ccc(F)cc2)c1OC. The predicted molar refractivity (Wildman–Crippen MR) is 79.0 cm³/mol. The molecule has 0 bridgehead atoms. The van der Waals surface area contributed by atoms with E-state index in [-0.39, 0.29) is 11.9 Å². The van der Waals surface area contributed by atoms with Crippen LogP contribution in [0.25, 0.3) is 0 Å². The van der Waals surface area contributed by atoms with Crippen LogP contribution in [0.3, 0.4) is 0 Å². The van der Waals surface area contributed by atoms with Crippen LogP contribution in [0, 0.1) is 5.82 Å². The van der Waals surface area contributed by atoms with Crippen LogP contribution in [0.5, 0.6) is 11.5 Å². The van der Waals surface area contributed by atoms with Gasteiger partial charge in [0.25, 0.3) is 0 Å². The Kier molecular flexibility index (Phi) is 5.11. The van der Waals surface area contributed by atoms with E-state index in [2.05, 4.69) is 10.3 Å². The molecule has 112 valence electrons. The van der Waals surface area contributed by atoms with Gasteiger partial charge in [-0.25, -0.2) is 4.39 Å². The number of nitrogens with one attached hydrogen (secondary N) is 1. The number of pyridine rings is 1. The number of methoxy groups -OCH3 is 2. The van der Waals surface area contributed by atoms with Crippen molar-refractivity contribution >= 4 is 0 Å². The summed E-state index contributed by atoms with van der Waals surface area (Å²) in [7, 11) is 3.18. The van der Waals surface area contributed by atoms with Gasteiger partial charge < -0.3 is 14.8 Å². The van der Waals surface area contributed by atoms with Gasteiger partial charge in [-0.3, -0.25) is 4.98 Å². The summed E-state index contributed by atoms with van der Waals surface area (Å²) in [5, 5.41) is 3.34. The molecule has 0 aliphatic heterocycles. The third kappa shape index (κ3) is 3.70. The van der Waals surface area contributed by atoms with Crippen LogP contribution in [0.2, 0.25) is 0 Å². The Morgan fingerprint density at radius 1 is 1.14 bits per heavy atom. The van der Waals surface area contributed by atoms with Gasteiger partial charge in [0.05, 0.1) is 19.9 Å². The van der Waals surface area contributed by atoms with Crippen LogP contribution >= 0.6 is 0 Å². The van der Waals surface area contributed by atoms with Crippen LogP contribution in [-0.4, -0.2) is 19.2 Å². The molecule has 0 aliphatic rings. The van der Waals surface area contributed by atoms with E-state index >= 15 is 0 Å². The molecule has 0 saturated heterocycles. The number of hydrogen-bond acceptors (Lipinski definition) is 4. The van der Waals surface area contributed by atoms with Gasteiger partial charge in [-0.2, -0.15) is 0 Å². The van der Waals surface area contributed by atoms with E-state index in [4.69, 9.17) is 9.47 Å². The first-order valence-corrected chi connectivity index (χ1v) is 6.70. The fourth-order valence-corrected chi connectivity index (χ4v) is 2.10. The summed E-state index contributed by atoms with van der Waals surface area (Å²) in [4.78, 5) is 4.31. The van der Waals surface area contributed by atoms with Crippen molar-refractivity contribution in [3.8, 4) is 11.5 Å². The maximum atomic E-state index is 12.9. The largest absolute Gasteiger partial charge is 0.493 e. The third-order valence-electron chi connectivity index (χ3n) is 3.31. The maximum absolute atomic E-state index is 12.9. The highest BCUT2D eigenvalue weighted by atomic mass is 19.1. The second-order valence-corrected chi connectivity index (χ2v) is 4.65. The van der Waals surface area contributed by atoms with Crippen molar-refractivity contribution in [1.82, 2.24) is 10.3 Å². The summed E-state index contributed by atoms with van der Waals surface area (Å²) in [5.74, 6) is 1.04. The molecule has 0 aliphatic carbocycles. The normalized spacial score (nSPS) is 12.0. The van der Waals surface area contributed by atoms with Crippen molar-refractivity contribution in [3.63, 3.8) is 0 Å². The van der Waals surface area contributed by atoms with Gasteiger partial charge >= 0.3 is 0 Å². The van der Waals surface area contributed by atoms with E-state index in [1.54, 1.807) is 38.6 Å². The first-order chi connectivity index (χ1) is 10.2. The van der Waals surface area contributed by atoms with E-state index in [1.165, 1.54) is 12.1 Å². The number of benzene rings is 1. The molecule has 1 aromatic heterocycles. The number of halogens is 1. The topological polar surface area (TPSA) is 43.4 Å². The molecule has 4 nitrogen and oxygen atoms in total. The molecular weight excluding hydrogens is 271 g/mol. The van der Waals surface area contributed by atoms with E-state index in [0.717, 1.165) is 11.3 Å². The molecule has 1 N–H and O–H groups in total. The van der Waals surface area contributed by atoms with Crippen LogP contribution in [0.15, 0.2) is 36.5 Å². The highest BCUT2D eigenvalue weighted by molar-refractivity contribution is 5.42. The number of aromatic nitrogens is 1. The van der Waals surface area contributed by atoms with Crippen molar-refractivity contribution in [1.29, 1.82) is 0 Å². The fourth-order valence-electron chi connectivity index (χ4n) is 2.10. The monoisotopic (exact) mass is 290 g/mol. The minimum Gasteiger partial charge on any atom is -0.493 e. The van der Waals surface area contributed by atoms with E-state index in [0.29, 0.717) is 18.0 Å². The first-order valence-electron chi connectivity index (χ1n) is 6.70. The quantitative estimate of drug-likeness (QED) is 0.888. The van der Waals surface area contributed by atoms with E-state index in [9.17, 15) is 4.39 Å². The van der Waals surface area contributed by atoms with Gasteiger partial charge in [0.1, 0.15) is 5.82 Å². The zero-order valence-electron chi connectivity index (χ0n) is 12.4. The van der Waals surface area contributed by atoms with Crippen LogP contribution in [0.4, 0.5) is 4.39 Å². The Hall–Kier alpha value is -2.14. The van der Waals surface area contributed by atoms with Crippen molar-refractivity contribution in [2.75, 3.05) is 14.2 Å². The van der Waals surface area contributed by atoms with Crippen LogP contribution < -0.4 is 14.8 Å². The minimum absolute atomic E-state index is 0.0725. The molecule has 21 heavy (non-hydrogen) atoms. The lowest BCUT2D eigenvalue weighted by Crippen LogP contribution is -2.19. The molecule has 0 saturated carbocycles. The lowest BCUT2D eigenvalue weighted by atomic mass is 10.1. The molecule has 5 heteroatoms. The van der Waals surface area contributed by atoms with Gasteiger partial charge in [0, 0.05) is 24.8 Å². The Morgan fingerprint density at radius 2 is 1.86 bits per heavy atom. The predicted octanol–water partition coefficient (Wildman–Crippen LogP) is 3.09. The molecule has 2 aromatic rings. The molecule has 0 amide bonds. The van der Waals surface area contributed by atoms with Gasteiger partial charge in [-0.15, -0.1) is 0 Å². The summed E-state index contributed by atoms with van der Waals surface area (Å²) in [6, 6.07) is 8.27. The highest BCUT2D eigenvalue weighted by Crippen LogP contribution is 2.29. The average Bonchev–Trinajstić information content (AvgIpc) is 2.52. The Morgan fingerprint density at radius 3 is 2.48 bits per heavy atom. The summed E-state index contributed by atoms with van der Waals surface area (Å²) in [6.07, 6.45) is 1.68. The third-order valence-corrected chi connectivity index (χ3v) is 3.31. The number of ether oxygens (including phenoxy) is 2. The summed E-state index contributed by atoms with van der Waals surface area (Å²) in [6.45, 7) is 2.54. The molecule has 1 heterocycles. The first kappa shape index (κ1) is 15.3.